The number of aromatic hydroxyl groups is 1. The van der Waals surface area contributed by atoms with Gasteiger partial charge >= 0.3 is 5.97 Å². The van der Waals surface area contributed by atoms with E-state index < -0.39 is 18.5 Å². The maximum absolute atomic E-state index is 11.9. The van der Waals surface area contributed by atoms with Crippen LogP contribution < -0.4 is 10.1 Å². The Labute approximate surface area is 146 Å². The number of aryl methyl sites for hydroxylation is 1. The fourth-order valence-corrected chi connectivity index (χ4v) is 2.33. The van der Waals surface area contributed by atoms with Crippen LogP contribution in [0.2, 0.25) is 0 Å². The first-order chi connectivity index (χ1) is 12.0. The van der Waals surface area contributed by atoms with Crippen molar-refractivity contribution >= 4 is 11.9 Å². The molecule has 0 spiro atoms. The normalized spacial score (nSPS) is 10.2. The second-order valence-electron chi connectivity index (χ2n) is 5.46. The quantitative estimate of drug-likeness (QED) is 0.753. The Morgan fingerprint density at radius 3 is 2.64 bits per heavy atom. The van der Waals surface area contributed by atoms with Gasteiger partial charge in [0.1, 0.15) is 17.1 Å². The molecular weight excluding hydrogens is 322 g/mol. The molecule has 0 aromatic heterocycles. The molecule has 0 aliphatic heterocycles. The molecule has 0 aliphatic rings. The number of methoxy groups -OCH3 is 1. The number of ether oxygens (including phenoxy) is 2. The van der Waals surface area contributed by atoms with Crippen molar-refractivity contribution in [2.24, 2.45) is 0 Å². The van der Waals surface area contributed by atoms with Gasteiger partial charge in [0.2, 0.25) is 0 Å². The maximum atomic E-state index is 11.9. The van der Waals surface area contributed by atoms with E-state index in [4.69, 9.17) is 9.47 Å². The van der Waals surface area contributed by atoms with Crippen molar-refractivity contribution in [3.63, 3.8) is 0 Å². The Balaban J connectivity index is 1.79. The molecule has 2 rings (SSSR count). The molecule has 0 saturated carbocycles. The molecule has 25 heavy (non-hydrogen) atoms. The summed E-state index contributed by atoms with van der Waals surface area (Å²) in [5.41, 5.74) is 1.59. The second kappa shape index (κ2) is 8.73. The topological polar surface area (TPSA) is 84.9 Å². The molecule has 0 unspecified atom stereocenters. The number of para-hydroxylation sites is 2. The Morgan fingerprint density at radius 2 is 1.88 bits per heavy atom. The molecule has 6 nitrogen and oxygen atoms in total. The molecule has 0 heterocycles. The van der Waals surface area contributed by atoms with Gasteiger partial charge in [0, 0.05) is 6.54 Å². The lowest BCUT2D eigenvalue weighted by Gasteiger charge is -2.10. The van der Waals surface area contributed by atoms with E-state index in [0.29, 0.717) is 18.5 Å². The highest BCUT2D eigenvalue weighted by Gasteiger charge is 2.15. The van der Waals surface area contributed by atoms with Crippen LogP contribution in [-0.2, 0) is 16.0 Å². The number of carbonyl (C=O) groups excluding carboxylic acids is 2. The summed E-state index contributed by atoms with van der Waals surface area (Å²) in [6.45, 7) is 1.67. The molecule has 0 aliphatic carbocycles. The largest absolute Gasteiger partial charge is 0.507 e. The molecule has 2 N–H and O–H groups in total. The Hall–Kier alpha value is -3.02. The monoisotopic (exact) mass is 343 g/mol. The second-order valence-corrected chi connectivity index (χ2v) is 5.46. The minimum absolute atomic E-state index is 0.0434. The van der Waals surface area contributed by atoms with Gasteiger partial charge in [-0.25, -0.2) is 4.79 Å². The van der Waals surface area contributed by atoms with Crippen LogP contribution in [0.3, 0.4) is 0 Å². The summed E-state index contributed by atoms with van der Waals surface area (Å²) >= 11 is 0. The maximum Gasteiger partial charge on any atom is 0.342 e. The average Bonchev–Trinajstić information content (AvgIpc) is 2.62. The molecule has 6 heteroatoms. The zero-order valence-electron chi connectivity index (χ0n) is 14.2. The standard InChI is InChI=1S/C19H21NO5/c1-13-6-5-8-15(18(13)22)19(23)25-12-17(21)20-11-10-14-7-3-4-9-16(14)24-2/h3-9,22H,10-12H2,1-2H3,(H,20,21). The van der Waals surface area contributed by atoms with Crippen molar-refractivity contribution in [2.75, 3.05) is 20.3 Å². The van der Waals surface area contributed by atoms with Crippen LogP contribution in [0.5, 0.6) is 11.5 Å². The van der Waals surface area contributed by atoms with Gasteiger partial charge in [-0.05, 0) is 36.6 Å². The lowest BCUT2D eigenvalue weighted by Crippen LogP contribution is -2.30. The molecule has 0 fully saturated rings. The minimum atomic E-state index is -0.735. The van der Waals surface area contributed by atoms with Gasteiger partial charge in [0.25, 0.3) is 5.91 Å². The number of nitrogens with one attached hydrogen (secondary N) is 1. The highest BCUT2D eigenvalue weighted by atomic mass is 16.5. The van der Waals surface area contributed by atoms with E-state index >= 15 is 0 Å². The number of phenols is 1. The highest BCUT2D eigenvalue weighted by Crippen LogP contribution is 2.22. The van der Waals surface area contributed by atoms with Gasteiger partial charge in [-0.1, -0.05) is 30.3 Å². The van der Waals surface area contributed by atoms with Crippen molar-refractivity contribution in [3.05, 3.63) is 59.2 Å². The average molecular weight is 343 g/mol. The number of esters is 1. The first-order valence-corrected chi connectivity index (χ1v) is 7.87. The Morgan fingerprint density at radius 1 is 1.12 bits per heavy atom. The molecule has 0 saturated heterocycles. The molecule has 0 atom stereocenters. The van der Waals surface area contributed by atoms with Crippen LogP contribution >= 0.6 is 0 Å². The van der Waals surface area contributed by atoms with Crippen molar-refractivity contribution in [1.29, 1.82) is 0 Å². The van der Waals surface area contributed by atoms with Crippen molar-refractivity contribution in [3.8, 4) is 11.5 Å². The molecule has 132 valence electrons. The van der Waals surface area contributed by atoms with Gasteiger partial charge in [-0.3, -0.25) is 4.79 Å². The number of carbonyl (C=O) groups is 2. The molecule has 0 bridgehead atoms. The zero-order valence-corrected chi connectivity index (χ0v) is 14.2. The number of phenolic OH excluding ortho intramolecular Hbond substituents is 1. The lowest BCUT2D eigenvalue weighted by atomic mass is 10.1. The van der Waals surface area contributed by atoms with Crippen LogP contribution in [0, 0.1) is 6.92 Å². The first kappa shape index (κ1) is 18.3. The Kier molecular flexibility index (Phi) is 6.39. The summed E-state index contributed by atoms with van der Waals surface area (Å²) in [4.78, 5) is 23.7. The van der Waals surface area contributed by atoms with Gasteiger partial charge in [-0.15, -0.1) is 0 Å². The van der Waals surface area contributed by atoms with Gasteiger partial charge < -0.3 is 19.9 Å². The molecule has 2 aromatic rings. The van der Waals surface area contributed by atoms with E-state index in [1.807, 2.05) is 24.3 Å². The van der Waals surface area contributed by atoms with Gasteiger partial charge in [-0.2, -0.15) is 0 Å². The smallest absolute Gasteiger partial charge is 0.342 e. The predicted octanol–water partition coefficient (Wildman–Crippen LogP) is 2.22. The summed E-state index contributed by atoms with van der Waals surface area (Å²) in [5, 5.41) is 12.5. The SMILES string of the molecule is COc1ccccc1CCNC(=O)COC(=O)c1cccc(C)c1O. The summed E-state index contributed by atoms with van der Waals surface area (Å²) < 4.78 is 10.2. The van der Waals surface area contributed by atoms with Gasteiger partial charge in [0.15, 0.2) is 6.61 Å². The van der Waals surface area contributed by atoms with Crippen molar-refractivity contribution in [2.45, 2.75) is 13.3 Å². The van der Waals surface area contributed by atoms with Gasteiger partial charge in [0.05, 0.1) is 7.11 Å². The summed E-state index contributed by atoms with van der Waals surface area (Å²) in [6.07, 6.45) is 0.600. The Bertz CT molecular complexity index is 757. The highest BCUT2D eigenvalue weighted by molar-refractivity contribution is 5.94. The van der Waals surface area contributed by atoms with Crippen LogP contribution in [0.25, 0.3) is 0 Å². The van der Waals surface area contributed by atoms with Crippen LogP contribution in [0.1, 0.15) is 21.5 Å². The number of hydrogen-bond donors (Lipinski definition) is 2. The number of benzene rings is 2. The fraction of sp³-hybridized carbons (Fsp3) is 0.263. The number of amides is 1. The van der Waals surface area contributed by atoms with E-state index in [1.54, 1.807) is 26.2 Å². The van der Waals surface area contributed by atoms with Crippen LogP contribution in [0.4, 0.5) is 0 Å². The summed E-state index contributed by atoms with van der Waals surface area (Å²) in [5.74, 6) is -0.515. The molecular formula is C19H21NO5. The van der Waals surface area contributed by atoms with E-state index in [9.17, 15) is 14.7 Å². The molecule has 1 amide bonds. The number of rotatable bonds is 7. The predicted molar refractivity (Wildman–Crippen MR) is 92.8 cm³/mol. The van der Waals surface area contributed by atoms with Crippen LogP contribution in [-0.4, -0.2) is 37.2 Å². The van der Waals surface area contributed by atoms with E-state index in [-0.39, 0.29) is 11.3 Å². The summed E-state index contributed by atoms with van der Waals surface area (Å²) in [6, 6.07) is 12.3. The lowest BCUT2D eigenvalue weighted by molar-refractivity contribution is -0.124. The third-order valence-electron chi connectivity index (χ3n) is 3.70. The third kappa shape index (κ3) is 4.97. The van der Waals surface area contributed by atoms with Crippen molar-refractivity contribution < 1.29 is 24.2 Å². The first-order valence-electron chi connectivity index (χ1n) is 7.87. The summed E-state index contributed by atoms with van der Waals surface area (Å²) in [7, 11) is 1.59. The zero-order chi connectivity index (χ0) is 18.2. The molecule has 0 radical (unpaired) electrons. The van der Waals surface area contributed by atoms with Crippen LogP contribution in [0.15, 0.2) is 42.5 Å². The molecule has 2 aromatic carbocycles. The van der Waals surface area contributed by atoms with Crippen molar-refractivity contribution in [1.82, 2.24) is 5.32 Å². The van der Waals surface area contributed by atoms with E-state index in [2.05, 4.69) is 5.32 Å². The van der Waals surface area contributed by atoms with E-state index in [0.717, 1.165) is 11.3 Å². The third-order valence-corrected chi connectivity index (χ3v) is 3.70. The minimum Gasteiger partial charge on any atom is -0.507 e. The number of hydrogen-bond acceptors (Lipinski definition) is 5. The van der Waals surface area contributed by atoms with E-state index in [1.165, 1.54) is 6.07 Å². The fourth-order valence-electron chi connectivity index (χ4n) is 2.33.